The summed E-state index contributed by atoms with van der Waals surface area (Å²) in [5, 5.41) is 1.36. The van der Waals surface area contributed by atoms with E-state index in [0.29, 0.717) is 31.4 Å². The van der Waals surface area contributed by atoms with Crippen LogP contribution in [0.2, 0.25) is 0 Å². The van der Waals surface area contributed by atoms with Crippen LogP contribution in [0.4, 0.5) is 4.39 Å². The van der Waals surface area contributed by atoms with Crippen molar-refractivity contribution in [1.29, 1.82) is 0 Å². The topological polar surface area (TPSA) is 55.6 Å². The first-order valence-corrected chi connectivity index (χ1v) is 6.63. The zero-order valence-corrected chi connectivity index (χ0v) is 10.6. The number of amides is 1. The van der Waals surface area contributed by atoms with Crippen molar-refractivity contribution in [3.63, 3.8) is 0 Å². The summed E-state index contributed by atoms with van der Waals surface area (Å²) in [4.78, 5) is 17.7. The molecule has 0 bridgehead atoms. The maximum Gasteiger partial charge on any atom is 0.249 e. The third-order valence-corrected chi connectivity index (χ3v) is 3.91. The van der Waals surface area contributed by atoms with Crippen LogP contribution < -0.4 is 5.73 Å². The van der Waals surface area contributed by atoms with Gasteiger partial charge in [0.15, 0.2) is 0 Å². The lowest BCUT2D eigenvalue weighted by atomic mass is 9.80. The van der Waals surface area contributed by atoms with Gasteiger partial charge in [-0.3, -0.25) is 9.63 Å². The van der Waals surface area contributed by atoms with E-state index in [2.05, 4.69) is 0 Å². The second kappa shape index (κ2) is 4.90. The molecule has 102 valence electrons. The predicted octanol–water partition coefficient (Wildman–Crippen LogP) is 1.77. The third kappa shape index (κ3) is 2.24. The van der Waals surface area contributed by atoms with Crippen molar-refractivity contribution in [3.05, 3.63) is 35.6 Å². The van der Waals surface area contributed by atoms with E-state index in [1.54, 1.807) is 18.2 Å². The first-order valence-electron chi connectivity index (χ1n) is 6.63. The van der Waals surface area contributed by atoms with Crippen molar-refractivity contribution in [3.8, 4) is 0 Å². The Morgan fingerprint density at radius 2 is 2.11 bits per heavy atom. The minimum atomic E-state index is -0.314. The summed E-state index contributed by atoms with van der Waals surface area (Å²) in [6.45, 7) is 0.448. The Morgan fingerprint density at radius 1 is 1.37 bits per heavy atom. The van der Waals surface area contributed by atoms with E-state index in [9.17, 15) is 9.18 Å². The van der Waals surface area contributed by atoms with Crippen molar-refractivity contribution < 1.29 is 14.0 Å². The number of carbonyl (C=O) groups is 1. The fourth-order valence-electron chi connectivity index (χ4n) is 2.76. The molecule has 1 aliphatic heterocycles. The van der Waals surface area contributed by atoms with E-state index in [-0.39, 0.29) is 29.7 Å². The molecule has 5 heteroatoms. The molecule has 1 aromatic carbocycles. The number of rotatable bonds is 2. The van der Waals surface area contributed by atoms with Gasteiger partial charge < -0.3 is 5.73 Å². The van der Waals surface area contributed by atoms with Crippen molar-refractivity contribution in [2.75, 3.05) is 6.61 Å². The van der Waals surface area contributed by atoms with Crippen LogP contribution in [-0.2, 0) is 9.63 Å². The summed E-state index contributed by atoms with van der Waals surface area (Å²) in [6.07, 6.45) is 2.02. The molecule has 1 aliphatic carbocycles. The fourth-order valence-corrected chi connectivity index (χ4v) is 2.76. The molecular formula is C14H17FN2O2. The Morgan fingerprint density at radius 3 is 2.79 bits per heavy atom. The number of halogens is 1. The maximum atomic E-state index is 13.8. The predicted molar refractivity (Wildman–Crippen MR) is 67.3 cm³/mol. The van der Waals surface area contributed by atoms with E-state index in [1.807, 2.05) is 0 Å². The molecule has 2 fully saturated rings. The smallest absolute Gasteiger partial charge is 0.249 e. The van der Waals surface area contributed by atoms with E-state index >= 15 is 0 Å². The highest BCUT2D eigenvalue weighted by Crippen LogP contribution is 2.36. The first-order chi connectivity index (χ1) is 9.16. The van der Waals surface area contributed by atoms with Crippen LogP contribution >= 0.6 is 0 Å². The molecule has 1 saturated carbocycles. The number of benzene rings is 1. The number of nitrogens with two attached hydrogens (primary N) is 1. The second-order valence-electron chi connectivity index (χ2n) is 5.25. The normalized spacial score (nSPS) is 30.2. The SMILES string of the molecule is NC1CC(C(=O)N2OCC[C@H]2c2ccccc2F)C1. The van der Waals surface area contributed by atoms with Crippen LogP contribution in [0.3, 0.4) is 0 Å². The van der Waals surface area contributed by atoms with Gasteiger partial charge in [-0.05, 0) is 18.9 Å². The standard InChI is InChI=1S/C14H17FN2O2/c15-12-4-2-1-3-11(12)13-5-6-19-17(13)14(18)9-7-10(16)8-9/h1-4,9-10,13H,5-8,16H2/t9?,10?,13-/m0/s1. The number of carbonyl (C=O) groups excluding carboxylic acids is 1. The van der Waals surface area contributed by atoms with Crippen LogP contribution in [-0.4, -0.2) is 23.6 Å². The largest absolute Gasteiger partial charge is 0.328 e. The van der Waals surface area contributed by atoms with Crippen molar-refractivity contribution in [1.82, 2.24) is 5.06 Å². The van der Waals surface area contributed by atoms with E-state index in [4.69, 9.17) is 10.6 Å². The Kier molecular flexibility index (Phi) is 3.24. The lowest BCUT2D eigenvalue weighted by Gasteiger charge is -2.35. The van der Waals surface area contributed by atoms with Gasteiger partial charge in [-0.1, -0.05) is 18.2 Å². The van der Waals surface area contributed by atoms with Crippen LogP contribution in [0.25, 0.3) is 0 Å². The first kappa shape index (κ1) is 12.6. The molecule has 2 N–H and O–H groups in total. The van der Waals surface area contributed by atoms with Gasteiger partial charge in [0.25, 0.3) is 0 Å². The minimum Gasteiger partial charge on any atom is -0.328 e. The van der Waals surface area contributed by atoms with E-state index in [0.717, 1.165) is 0 Å². The molecule has 0 aromatic heterocycles. The molecule has 3 rings (SSSR count). The van der Waals surface area contributed by atoms with E-state index in [1.165, 1.54) is 11.1 Å². The Hall–Kier alpha value is -1.46. The molecule has 0 spiro atoms. The molecule has 1 amide bonds. The average molecular weight is 264 g/mol. The van der Waals surface area contributed by atoms with Gasteiger partial charge in [0.2, 0.25) is 5.91 Å². The number of hydrogen-bond donors (Lipinski definition) is 1. The second-order valence-corrected chi connectivity index (χ2v) is 5.25. The highest BCUT2D eigenvalue weighted by atomic mass is 19.1. The van der Waals surface area contributed by atoms with Gasteiger partial charge in [0.1, 0.15) is 5.82 Å². The molecule has 1 atom stereocenters. The molecule has 2 aliphatic rings. The zero-order valence-electron chi connectivity index (χ0n) is 10.6. The van der Waals surface area contributed by atoms with E-state index < -0.39 is 0 Å². The molecule has 0 radical (unpaired) electrons. The summed E-state index contributed by atoms with van der Waals surface area (Å²) in [5.74, 6) is -0.420. The average Bonchev–Trinajstić information content (AvgIpc) is 2.84. The van der Waals surface area contributed by atoms with Gasteiger partial charge in [0.05, 0.1) is 12.6 Å². The molecule has 4 nitrogen and oxygen atoms in total. The Labute approximate surface area is 111 Å². The summed E-state index contributed by atoms with van der Waals surface area (Å²) in [6, 6.07) is 6.34. The van der Waals surface area contributed by atoms with Gasteiger partial charge in [-0.25, -0.2) is 9.45 Å². The molecule has 1 saturated heterocycles. The lowest BCUT2D eigenvalue weighted by Crippen LogP contribution is -2.46. The third-order valence-electron chi connectivity index (χ3n) is 3.91. The number of hydroxylamine groups is 2. The van der Waals surface area contributed by atoms with Crippen LogP contribution in [0, 0.1) is 11.7 Å². The van der Waals surface area contributed by atoms with Crippen LogP contribution in [0.5, 0.6) is 0 Å². The molecule has 1 aromatic rings. The van der Waals surface area contributed by atoms with Gasteiger partial charge in [-0.2, -0.15) is 0 Å². The molecular weight excluding hydrogens is 247 g/mol. The molecule has 1 heterocycles. The maximum absolute atomic E-state index is 13.8. The fraction of sp³-hybridized carbons (Fsp3) is 0.500. The quantitative estimate of drug-likeness (QED) is 0.885. The van der Waals surface area contributed by atoms with Crippen LogP contribution in [0.1, 0.15) is 30.9 Å². The molecule has 19 heavy (non-hydrogen) atoms. The monoisotopic (exact) mass is 264 g/mol. The highest BCUT2D eigenvalue weighted by Gasteiger charge is 2.41. The summed E-state index contributed by atoms with van der Waals surface area (Å²) in [7, 11) is 0. The van der Waals surface area contributed by atoms with Crippen LogP contribution in [0.15, 0.2) is 24.3 Å². The van der Waals surface area contributed by atoms with Crippen molar-refractivity contribution >= 4 is 5.91 Å². The Bertz CT molecular complexity index is 488. The summed E-state index contributed by atoms with van der Waals surface area (Å²) in [5.41, 5.74) is 6.23. The van der Waals surface area contributed by atoms with Crippen molar-refractivity contribution in [2.24, 2.45) is 11.7 Å². The number of hydrogen-bond acceptors (Lipinski definition) is 3. The van der Waals surface area contributed by atoms with Gasteiger partial charge in [-0.15, -0.1) is 0 Å². The summed E-state index contributed by atoms with van der Waals surface area (Å²) < 4.78 is 13.8. The van der Waals surface area contributed by atoms with Gasteiger partial charge >= 0.3 is 0 Å². The van der Waals surface area contributed by atoms with Gasteiger partial charge in [0, 0.05) is 23.9 Å². The summed E-state index contributed by atoms with van der Waals surface area (Å²) >= 11 is 0. The lowest BCUT2D eigenvalue weighted by molar-refractivity contribution is -0.185. The zero-order chi connectivity index (χ0) is 13.4. The molecule has 0 unspecified atom stereocenters. The number of nitrogens with zero attached hydrogens (tertiary/aromatic N) is 1. The highest BCUT2D eigenvalue weighted by molar-refractivity contribution is 5.79. The Balaban J connectivity index is 1.78. The minimum absolute atomic E-state index is 0.0625. The van der Waals surface area contributed by atoms with Crippen molar-refractivity contribution in [2.45, 2.75) is 31.3 Å².